The Hall–Kier alpha value is -0.600. The maximum Gasteiger partial charge on any atom is 0.123 e. The molecule has 94 valence electrons. The number of halogens is 2. The topological polar surface area (TPSA) is 3.24 Å². The fourth-order valence-corrected chi connectivity index (χ4v) is 2.75. The summed E-state index contributed by atoms with van der Waals surface area (Å²) in [6, 6.07) is 5.05. The first-order valence-corrected chi connectivity index (χ1v) is 6.76. The van der Waals surface area contributed by atoms with Gasteiger partial charge in [0.15, 0.2) is 0 Å². The predicted molar refractivity (Wildman–Crippen MR) is 69.9 cm³/mol. The van der Waals surface area contributed by atoms with E-state index in [-0.39, 0.29) is 5.82 Å². The number of piperidine rings is 1. The zero-order valence-electron chi connectivity index (χ0n) is 10.3. The zero-order chi connectivity index (χ0) is 12.3. The highest BCUT2D eigenvalue weighted by molar-refractivity contribution is 6.18. The van der Waals surface area contributed by atoms with Gasteiger partial charge in [0, 0.05) is 19.0 Å². The van der Waals surface area contributed by atoms with Gasteiger partial charge in [0.05, 0.1) is 0 Å². The Morgan fingerprint density at radius 1 is 1.47 bits per heavy atom. The summed E-state index contributed by atoms with van der Waals surface area (Å²) in [4.78, 5) is 2.43. The highest BCUT2D eigenvalue weighted by Crippen LogP contribution is 2.20. The summed E-state index contributed by atoms with van der Waals surface area (Å²) in [5, 5.41) is 0. The molecular weight excluding hydrogens is 237 g/mol. The van der Waals surface area contributed by atoms with Crippen molar-refractivity contribution in [3.63, 3.8) is 0 Å². The average molecular weight is 256 g/mol. The minimum atomic E-state index is -0.150. The van der Waals surface area contributed by atoms with E-state index < -0.39 is 0 Å². The number of likely N-dealkylation sites (tertiary alicyclic amines) is 1. The van der Waals surface area contributed by atoms with Gasteiger partial charge in [-0.3, -0.25) is 4.90 Å². The van der Waals surface area contributed by atoms with Gasteiger partial charge in [0.2, 0.25) is 0 Å². The minimum absolute atomic E-state index is 0.150. The molecule has 1 unspecified atom stereocenters. The van der Waals surface area contributed by atoms with Gasteiger partial charge in [-0.2, -0.15) is 0 Å². The van der Waals surface area contributed by atoms with Crippen LogP contribution in [0.2, 0.25) is 0 Å². The van der Waals surface area contributed by atoms with Crippen molar-refractivity contribution in [2.75, 3.05) is 19.0 Å². The van der Waals surface area contributed by atoms with Gasteiger partial charge < -0.3 is 0 Å². The molecule has 1 aromatic rings. The molecule has 1 aromatic carbocycles. The molecule has 0 radical (unpaired) electrons. The van der Waals surface area contributed by atoms with Crippen LogP contribution < -0.4 is 0 Å². The summed E-state index contributed by atoms with van der Waals surface area (Å²) < 4.78 is 13.0. The highest BCUT2D eigenvalue weighted by Gasteiger charge is 2.19. The predicted octanol–water partition coefficient (Wildman–Crippen LogP) is 3.58. The van der Waals surface area contributed by atoms with Gasteiger partial charge in [-0.15, -0.1) is 11.6 Å². The second-order valence-corrected chi connectivity index (χ2v) is 5.28. The monoisotopic (exact) mass is 255 g/mol. The third-order valence-corrected chi connectivity index (χ3v) is 3.96. The second kappa shape index (κ2) is 5.83. The number of hydrogen-bond acceptors (Lipinski definition) is 1. The molecule has 1 aliphatic heterocycles. The number of aryl methyl sites for hydroxylation is 1. The van der Waals surface area contributed by atoms with E-state index >= 15 is 0 Å². The SMILES string of the molecule is Cc1cc(F)ccc1CN1CCCC(CCl)C1. The van der Waals surface area contributed by atoms with Crippen LogP contribution in [0.1, 0.15) is 24.0 Å². The first-order valence-electron chi connectivity index (χ1n) is 6.22. The van der Waals surface area contributed by atoms with Crippen LogP contribution in [0.4, 0.5) is 4.39 Å². The Labute approximate surface area is 108 Å². The lowest BCUT2D eigenvalue weighted by Gasteiger charge is -2.32. The van der Waals surface area contributed by atoms with Crippen LogP contribution >= 0.6 is 11.6 Å². The van der Waals surface area contributed by atoms with Crippen molar-refractivity contribution in [1.29, 1.82) is 0 Å². The summed E-state index contributed by atoms with van der Waals surface area (Å²) >= 11 is 5.92. The Morgan fingerprint density at radius 3 is 3.00 bits per heavy atom. The van der Waals surface area contributed by atoms with Gasteiger partial charge in [-0.1, -0.05) is 6.07 Å². The van der Waals surface area contributed by atoms with E-state index in [9.17, 15) is 4.39 Å². The molecular formula is C14H19ClFN. The Bertz CT molecular complexity index is 380. The van der Waals surface area contributed by atoms with E-state index in [0.717, 1.165) is 31.1 Å². The molecule has 3 heteroatoms. The summed E-state index contributed by atoms with van der Waals surface area (Å²) in [5.41, 5.74) is 2.26. The molecule has 1 heterocycles. The van der Waals surface area contributed by atoms with E-state index in [2.05, 4.69) is 4.90 Å². The van der Waals surface area contributed by atoms with Gasteiger partial charge in [0.25, 0.3) is 0 Å². The number of alkyl halides is 1. The fraction of sp³-hybridized carbons (Fsp3) is 0.571. The number of rotatable bonds is 3. The molecule has 0 N–H and O–H groups in total. The van der Waals surface area contributed by atoms with Gasteiger partial charge in [0.1, 0.15) is 5.82 Å². The lowest BCUT2D eigenvalue weighted by molar-refractivity contribution is 0.178. The molecule has 1 saturated heterocycles. The van der Waals surface area contributed by atoms with E-state index in [1.807, 2.05) is 13.0 Å². The van der Waals surface area contributed by atoms with Crippen molar-refractivity contribution in [2.24, 2.45) is 5.92 Å². The van der Waals surface area contributed by atoms with E-state index in [0.29, 0.717) is 5.92 Å². The van der Waals surface area contributed by atoms with Crippen molar-refractivity contribution in [3.05, 3.63) is 35.1 Å². The molecule has 0 amide bonds. The smallest absolute Gasteiger partial charge is 0.123 e. The quantitative estimate of drug-likeness (QED) is 0.747. The lowest BCUT2D eigenvalue weighted by Crippen LogP contribution is -2.35. The van der Waals surface area contributed by atoms with Crippen molar-refractivity contribution >= 4 is 11.6 Å². The standard InChI is InChI=1S/C14H19ClFN/c1-11-7-14(16)5-4-13(11)10-17-6-2-3-12(8-15)9-17/h4-5,7,12H,2-3,6,8-10H2,1H3. The molecule has 1 fully saturated rings. The van der Waals surface area contributed by atoms with Crippen LogP contribution in [-0.2, 0) is 6.54 Å². The molecule has 0 bridgehead atoms. The van der Waals surface area contributed by atoms with Gasteiger partial charge in [-0.25, -0.2) is 4.39 Å². The molecule has 1 aliphatic rings. The summed E-state index contributed by atoms with van der Waals surface area (Å²) in [5.74, 6) is 1.22. The second-order valence-electron chi connectivity index (χ2n) is 4.97. The average Bonchev–Trinajstić information content (AvgIpc) is 2.33. The van der Waals surface area contributed by atoms with Crippen LogP contribution in [0.5, 0.6) is 0 Å². The van der Waals surface area contributed by atoms with E-state index in [1.165, 1.54) is 18.4 Å². The van der Waals surface area contributed by atoms with Crippen LogP contribution in [-0.4, -0.2) is 23.9 Å². The van der Waals surface area contributed by atoms with Gasteiger partial charge in [-0.05, 0) is 55.5 Å². The molecule has 1 nitrogen and oxygen atoms in total. The molecule has 0 aromatic heterocycles. The molecule has 0 saturated carbocycles. The van der Waals surface area contributed by atoms with E-state index in [4.69, 9.17) is 11.6 Å². The number of benzene rings is 1. The van der Waals surface area contributed by atoms with Crippen LogP contribution in [0, 0.1) is 18.7 Å². The van der Waals surface area contributed by atoms with Crippen molar-refractivity contribution in [1.82, 2.24) is 4.90 Å². The molecule has 17 heavy (non-hydrogen) atoms. The summed E-state index contributed by atoms with van der Waals surface area (Å²) in [6.45, 7) is 5.09. The Morgan fingerprint density at radius 2 is 2.29 bits per heavy atom. The lowest BCUT2D eigenvalue weighted by atomic mass is 9.99. The Balaban J connectivity index is 2.00. The molecule has 0 spiro atoms. The summed E-state index contributed by atoms with van der Waals surface area (Å²) in [6.07, 6.45) is 2.46. The maximum atomic E-state index is 13.0. The Kier molecular flexibility index (Phi) is 4.41. The third kappa shape index (κ3) is 3.43. The third-order valence-electron chi connectivity index (χ3n) is 3.52. The first kappa shape index (κ1) is 12.8. The number of hydrogen-bond donors (Lipinski definition) is 0. The fourth-order valence-electron chi connectivity index (χ4n) is 2.50. The van der Waals surface area contributed by atoms with Crippen LogP contribution in [0.25, 0.3) is 0 Å². The number of nitrogens with zero attached hydrogens (tertiary/aromatic N) is 1. The largest absolute Gasteiger partial charge is 0.299 e. The highest BCUT2D eigenvalue weighted by atomic mass is 35.5. The first-order chi connectivity index (χ1) is 8.19. The van der Waals surface area contributed by atoms with Crippen molar-refractivity contribution < 1.29 is 4.39 Å². The molecule has 2 rings (SSSR count). The van der Waals surface area contributed by atoms with Crippen LogP contribution in [0.15, 0.2) is 18.2 Å². The summed E-state index contributed by atoms with van der Waals surface area (Å²) in [7, 11) is 0. The minimum Gasteiger partial charge on any atom is -0.299 e. The maximum absolute atomic E-state index is 13.0. The van der Waals surface area contributed by atoms with Crippen molar-refractivity contribution in [3.8, 4) is 0 Å². The van der Waals surface area contributed by atoms with E-state index in [1.54, 1.807) is 12.1 Å². The molecule has 0 aliphatic carbocycles. The normalized spacial score (nSPS) is 21.7. The molecule has 1 atom stereocenters. The zero-order valence-corrected chi connectivity index (χ0v) is 11.0. The van der Waals surface area contributed by atoms with Crippen molar-refractivity contribution in [2.45, 2.75) is 26.3 Å². The van der Waals surface area contributed by atoms with Crippen LogP contribution in [0.3, 0.4) is 0 Å². The van der Waals surface area contributed by atoms with Gasteiger partial charge >= 0.3 is 0 Å².